The maximum absolute atomic E-state index is 5.29. The van der Waals surface area contributed by atoms with E-state index in [4.69, 9.17) is 4.52 Å². The molecule has 1 heterocycles. The summed E-state index contributed by atoms with van der Waals surface area (Å²) in [4.78, 5) is 4.41. The van der Waals surface area contributed by atoms with E-state index in [1.807, 2.05) is 42.5 Å². The van der Waals surface area contributed by atoms with E-state index in [2.05, 4.69) is 38.2 Å². The largest absolute Gasteiger partial charge is 0.334 e. The maximum atomic E-state index is 5.29. The van der Waals surface area contributed by atoms with Gasteiger partial charge in [-0.2, -0.15) is 4.98 Å². The minimum atomic E-state index is 0.554. The van der Waals surface area contributed by atoms with Crippen molar-refractivity contribution in [2.45, 2.75) is 6.42 Å². The van der Waals surface area contributed by atoms with Gasteiger partial charge in [-0.15, -0.1) is 0 Å². The lowest BCUT2D eigenvalue weighted by Crippen LogP contribution is -1.90. The molecule has 0 amide bonds. The van der Waals surface area contributed by atoms with Crippen LogP contribution in [0.15, 0.2) is 63.6 Å². The fourth-order valence-electron chi connectivity index (χ4n) is 1.81. The Labute approximate surface area is 119 Å². The second-order valence-corrected chi connectivity index (χ2v) is 5.10. The minimum absolute atomic E-state index is 0.554. The molecular formula is C15H11BrN2O. The van der Waals surface area contributed by atoms with Crippen LogP contribution in [0.5, 0.6) is 0 Å². The Kier molecular flexibility index (Phi) is 3.42. The lowest BCUT2D eigenvalue weighted by molar-refractivity contribution is 0.424. The van der Waals surface area contributed by atoms with Gasteiger partial charge in [0.1, 0.15) is 0 Å². The zero-order valence-electron chi connectivity index (χ0n) is 10.1. The Bertz CT molecular complexity index is 662. The van der Waals surface area contributed by atoms with Gasteiger partial charge in [-0.25, -0.2) is 0 Å². The molecule has 0 bridgehead atoms. The van der Waals surface area contributed by atoms with Crippen molar-refractivity contribution in [2.24, 2.45) is 0 Å². The number of aromatic nitrogens is 2. The van der Waals surface area contributed by atoms with E-state index in [0.717, 1.165) is 10.0 Å². The van der Waals surface area contributed by atoms with E-state index in [1.165, 1.54) is 5.56 Å². The summed E-state index contributed by atoms with van der Waals surface area (Å²) in [5.74, 6) is 1.25. The summed E-state index contributed by atoms with van der Waals surface area (Å²) in [5.41, 5.74) is 2.10. The maximum Gasteiger partial charge on any atom is 0.257 e. The normalized spacial score (nSPS) is 10.6. The second-order valence-electron chi connectivity index (χ2n) is 4.19. The highest BCUT2D eigenvalue weighted by Crippen LogP contribution is 2.20. The predicted octanol–water partition coefficient (Wildman–Crippen LogP) is 4.09. The van der Waals surface area contributed by atoms with Gasteiger partial charge in [-0.05, 0) is 29.8 Å². The molecule has 3 aromatic rings. The second kappa shape index (κ2) is 5.36. The number of rotatable bonds is 3. The number of nitrogens with zero attached hydrogens (tertiary/aromatic N) is 2. The molecule has 0 radical (unpaired) electrons. The standard InChI is InChI=1S/C15H11BrN2O/c16-13-8-6-12(7-9-13)15-17-14(18-19-15)10-11-4-2-1-3-5-11/h1-9H,10H2. The molecule has 3 nitrogen and oxygen atoms in total. The van der Waals surface area contributed by atoms with Crippen LogP contribution < -0.4 is 0 Å². The van der Waals surface area contributed by atoms with E-state index in [-0.39, 0.29) is 0 Å². The van der Waals surface area contributed by atoms with Gasteiger partial charge in [0.25, 0.3) is 5.89 Å². The molecule has 0 saturated carbocycles. The first-order valence-electron chi connectivity index (χ1n) is 5.94. The molecule has 94 valence electrons. The average molecular weight is 315 g/mol. The van der Waals surface area contributed by atoms with Crippen molar-refractivity contribution in [1.29, 1.82) is 0 Å². The molecule has 0 spiro atoms. The summed E-state index contributed by atoms with van der Waals surface area (Å²) in [5, 5.41) is 4.01. The van der Waals surface area contributed by atoms with Gasteiger partial charge in [-0.3, -0.25) is 0 Å². The van der Waals surface area contributed by atoms with Crippen LogP contribution in [0.1, 0.15) is 11.4 Å². The molecule has 19 heavy (non-hydrogen) atoms. The van der Waals surface area contributed by atoms with Crippen molar-refractivity contribution in [1.82, 2.24) is 10.1 Å². The van der Waals surface area contributed by atoms with Crippen molar-refractivity contribution in [2.75, 3.05) is 0 Å². The van der Waals surface area contributed by atoms with Crippen molar-refractivity contribution >= 4 is 15.9 Å². The number of halogens is 1. The van der Waals surface area contributed by atoms with Crippen molar-refractivity contribution in [3.63, 3.8) is 0 Å². The van der Waals surface area contributed by atoms with Gasteiger partial charge in [0.15, 0.2) is 5.82 Å². The summed E-state index contributed by atoms with van der Waals surface area (Å²) in [6.07, 6.45) is 0.681. The minimum Gasteiger partial charge on any atom is -0.334 e. The molecular weight excluding hydrogens is 304 g/mol. The molecule has 0 fully saturated rings. The predicted molar refractivity (Wildman–Crippen MR) is 76.7 cm³/mol. The van der Waals surface area contributed by atoms with E-state index in [1.54, 1.807) is 0 Å². The molecule has 0 aliphatic heterocycles. The van der Waals surface area contributed by atoms with Crippen molar-refractivity contribution in [3.05, 3.63) is 70.5 Å². The summed E-state index contributed by atoms with van der Waals surface area (Å²) in [6.45, 7) is 0. The fraction of sp³-hybridized carbons (Fsp3) is 0.0667. The van der Waals surface area contributed by atoms with Gasteiger partial charge >= 0.3 is 0 Å². The highest BCUT2D eigenvalue weighted by Gasteiger charge is 2.08. The Hall–Kier alpha value is -1.94. The number of hydrogen-bond acceptors (Lipinski definition) is 3. The lowest BCUT2D eigenvalue weighted by atomic mass is 10.1. The monoisotopic (exact) mass is 314 g/mol. The van der Waals surface area contributed by atoms with E-state index in [0.29, 0.717) is 18.1 Å². The van der Waals surface area contributed by atoms with Crippen molar-refractivity contribution < 1.29 is 4.52 Å². The third-order valence-electron chi connectivity index (χ3n) is 2.76. The zero-order chi connectivity index (χ0) is 13.1. The van der Waals surface area contributed by atoms with Gasteiger partial charge in [0, 0.05) is 16.5 Å². The highest BCUT2D eigenvalue weighted by atomic mass is 79.9. The quantitative estimate of drug-likeness (QED) is 0.731. The van der Waals surface area contributed by atoms with Crippen LogP contribution in [-0.2, 0) is 6.42 Å². The van der Waals surface area contributed by atoms with Crippen molar-refractivity contribution in [3.8, 4) is 11.5 Å². The first-order valence-corrected chi connectivity index (χ1v) is 6.73. The summed E-state index contributed by atoms with van der Waals surface area (Å²) in [6, 6.07) is 17.9. The van der Waals surface area contributed by atoms with Crippen LogP contribution in [0.2, 0.25) is 0 Å². The van der Waals surface area contributed by atoms with Crippen LogP contribution in [0.3, 0.4) is 0 Å². The van der Waals surface area contributed by atoms with E-state index < -0.39 is 0 Å². The first-order chi connectivity index (χ1) is 9.31. The lowest BCUT2D eigenvalue weighted by Gasteiger charge is -1.95. The summed E-state index contributed by atoms with van der Waals surface area (Å²) in [7, 11) is 0. The molecule has 2 aromatic carbocycles. The molecule has 0 atom stereocenters. The third-order valence-corrected chi connectivity index (χ3v) is 3.29. The summed E-state index contributed by atoms with van der Waals surface area (Å²) >= 11 is 3.40. The smallest absolute Gasteiger partial charge is 0.257 e. The highest BCUT2D eigenvalue weighted by molar-refractivity contribution is 9.10. The van der Waals surface area contributed by atoms with Gasteiger partial charge in [0.05, 0.1) is 0 Å². The SMILES string of the molecule is Brc1ccc(-c2nc(Cc3ccccc3)no2)cc1. The molecule has 1 aromatic heterocycles. The number of benzene rings is 2. The topological polar surface area (TPSA) is 38.9 Å². The van der Waals surface area contributed by atoms with E-state index in [9.17, 15) is 0 Å². The van der Waals surface area contributed by atoms with Crippen LogP contribution >= 0.6 is 15.9 Å². The van der Waals surface area contributed by atoms with Gasteiger partial charge in [0.2, 0.25) is 0 Å². The molecule has 0 saturated heterocycles. The average Bonchev–Trinajstić information content (AvgIpc) is 2.89. The molecule has 0 N–H and O–H groups in total. The Morgan fingerprint density at radius 1 is 0.947 bits per heavy atom. The Morgan fingerprint density at radius 3 is 2.42 bits per heavy atom. The fourth-order valence-corrected chi connectivity index (χ4v) is 2.08. The van der Waals surface area contributed by atoms with Crippen LogP contribution in [0.4, 0.5) is 0 Å². The van der Waals surface area contributed by atoms with Gasteiger partial charge in [-0.1, -0.05) is 51.4 Å². The molecule has 0 unspecified atom stereocenters. The van der Waals surface area contributed by atoms with Crippen LogP contribution in [0.25, 0.3) is 11.5 Å². The molecule has 0 aliphatic rings. The Morgan fingerprint density at radius 2 is 1.68 bits per heavy atom. The Balaban J connectivity index is 1.82. The summed E-state index contributed by atoms with van der Waals surface area (Å²) < 4.78 is 6.31. The van der Waals surface area contributed by atoms with E-state index >= 15 is 0 Å². The molecule has 3 rings (SSSR count). The third kappa shape index (κ3) is 2.90. The first kappa shape index (κ1) is 12.1. The number of hydrogen-bond donors (Lipinski definition) is 0. The van der Waals surface area contributed by atoms with Crippen LogP contribution in [-0.4, -0.2) is 10.1 Å². The van der Waals surface area contributed by atoms with Gasteiger partial charge < -0.3 is 4.52 Å². The molecule has 0 aliphatic carbocycles. The van der Waals surface area contributed by atoms with Crippen LogP contribution in [0, 0.1) is 0 Å². The molecule has 4 heteroatoms. The zero-order valence-corrected chi connectivity index (χ0v) is 11.7.